The molecule has 2 heterocycles. The molecule has 2 rings (SSSR count). The lowest BCUT2D eigenvalue weighted by atomic mass is 10.2. The molecule has 3 nitrogen and oxygen atoms in total. The summed E-state index contributed by atoms with van der Waals surface area (Å²) in [4.78, 5) is 8.57. The maximum atomic E-state index is 4.29. The Morgan fingerprint density at radius 3 is 3.00 bits per heavy atom. The van der Waals surface area contributed by atoms with Crippen LogP contribution in [0.2, 0.25) is 0 Å². The summed E-state index contributed by atoms with van der Waals surface area (Å²) < 4.78 is 2.10. The highest BCUT2D eigenvalue weighted by atomic mass is 15.1. The van der Waals surface area contributed by atoms with Gasteiger partial charge in [0.15, 0.2) is 5.65 Å². The minimum Gasteiger partial charge on any atom is -0.315 e. The molecular formula is C10H13N3. The summed E-state index contributed by atoms with van der Waals surface area (Å²) in [6.45, 7) is 5.36. The van der Waals surface area contributed by atoms with Crippen LogP contribution in [0.25, 0.3) is 11.2 Å². The van der Waals surface area contributed by atoms with E-state index in [1.54, 1.807) is 6.20 Å². The first-order chi connectivity index (χ1) is 6.27. The standard InChI is InChI=1S/C10H13N3/c1-8(2)6-13-7-12-9-4-3-5-11-10(9)13/h3-5,7-8H,6H2,1-2H3. The number of fused-ring (bicyclic) bond motifs is 1. The molecule has 0 aliphatic rings. The second-order valence-corrected chi connectivity index (χ2v) is 3.64. The maximum absolute atomic E-state index is 4.29. The van der Waals surface area contributed by atoms with Gasteiger partial charge < -0.3 is 4.57 Å². The third kappa shape index (κ3) is 1.54. The van der Waals surface area contributed by atoms with E-state index in [2.05, 4.69) is 28.4 Å². The summed E-state index contributed by atoms with van der Waals surface area (Å²) in [5, 5.41) is 0. The topological polar surface area (TPSA) is 30.7 Å². The number of nitrogens with zero attached hydrogens (tertiary/aromatic N) is 3. The average molecular weight is 175 g/mol. The number of aromatic nitrogens is 3. The fourth-order valence-electron chi connectivity index (χ4n) is 1.42. The molecular weight excluding hydrogens is 162 g/mol. The van der Waals surface area contributed by atoms with Crippen LogP contribution in [0.5, 0.6) is 0 Å². The smallest absolute Gasteiger partial charge is 0.159 e. The van der Waals surface area contributed by atoms with Crippen LogP contribution < -0.4 is 0 Å². The monoisotopic (exact) mass is 175 g/mol. The van der Waals surface area contributed by atoms with Gasteiger partial charge in [-0.25, -0.2) is 9.97 Å². The SMILES string of the molecule is CC(C)Cn1cnc2cccnc21. The van der Waals surface area contributed by atoms with Crippen molar-refractivity contribution < 1.29 is 0 Å². The van der Waals surface area contributed by atoms with E-state index < -0.39 is 0 Å². The molecule has 68 valence electrons. The Kier molecular flexibility index (Phi) is 2.00. The maximum Gasteiger partial charge on any atom is 0.159 e. The van der Waals surface area contributed by atoms with Gasteiger partial charge in [0, 0.05) is 12.7 Å². The van der Waals surface area contributed by atoms with Gasteiger partial charge in [-0.15, -0.1) is 0 Å². The van der Waals surface area contributed by atoms with Crippen molar-refractivity contribution >= 4 is 11.2 Å². The van der Waals surface area contributed by atoms with E-state index in [4.69, 9.17) is 0 Å². The quantitative estimate of drug-likeness (QED) is 0.699. The van der Waals surface area contributed by atoms with Crippen molar-refractivity contribution in [2.24, 2.45) is 5.92 Å². The molecule has 2 aromatic heterocycles. The molecule has 0 aromatic carbocycles. The Labute approximate surface area is 77.4 Å². The van der Waals surface area contributed by atoms with Crippen molar-refractivity contribution in [2.45, 2.75) is 20.4 Å². The molecule has 13 heavy (non-hydrogen) atoms. The van der Waals surface area contributed by atoms with E-state index in [1.807, 2.05) is 18.5 Å². The van der Waals surface area contributed by atoms with Crippen LogP contribution in [0.15, 0.2) is 24.7 Å². The van der Waals surface area contributed by atoms with Crippen molar-refractivity contribution in [3.63, 3.8) is 0 Å². The van der Waals surface area contributed by atoms with Gasteiger partial charge in [0.2, 0.25) is 0 Å². The van der Waals surface area contributed by atoms with Crippen molar-refractivity contribution in [3.05, 3.63) is 24.7 Å². The number of hydrogen-bond donors (Lipinski definition) is 0. The molecule has 0 bridgehead atoms. The molecule has 0 atom stereocenters. The number of hydrogen-bond acceptors (Lipinski definition) is 2. The fraction of sp³-hybridized carbons (Fsp3) is 0.400. The van der Waals surface area contributed by atoms with Crippen LogP contribution in [-0.2, 0) is 6.54 Å². The molecule has 0 N–H and O–H groups in total. The molecule has 0 fully saturated rings. The normalized spacial score (nSPS) is 11.3. The van der Waals surface area contributed by atoms with E-state index in [0.29, 0.717) is 5.92 Å². The van der Waals surface area contributed by atoms with E-state index in [0.717, 1.165) is 17.7 Å². The lowest BCUT2D eigenvalue weighted by Gasteiger charge is -2.05. The van der Waals surface area contributed by atoms with Crippen LogP contribution in [-0.4, -0.2) is 14.5 Å². The second-order valence-electron chi connectivity index (χ2n) is 3.64. The van der Waals surface area contributed by atoms with E-state index in [9.17, 15) is 0 Å². The predicted octanol–water partition coefficient (Wildman–Crippen LogP) is 2.09. The van der Waals surface area contributed by atoms with Gasteiger partial charge >= 0.3 is 0 Å². The molecule has 0 radical (unpaired) electrons. The number of imidazole rings is 1. The summed E-state index contributed by atoms with van der Waals surface area (Å²) in [5.74, 6) is 0.624. The van der Waals surface area contributed by atoms with Crippen molar-refractivity contribution in [1.82, 2.24) is 14.5 Å². The van der Waals surface area contributed by atoms with Crippen LogP contribution in [0.3, 0.4) is 0 Å². The van der Waals surface area contributed by atoms with E-state index >= 15 is 0 Å². The van der Waals surface area contributed by atoms with Crippen molar-refractivity contribution in [1.29, 1.82) is 0 Å². The molecule has 0 unspecified atom stereocenters. The molecule has 0 saturated carbocycles. The minimum absolute atomic E-state index is 0.624. The molecule has 2 aromatic rings. The Hall–Kier alpha value is -1.38. The molecule has 0 amide bonds. The van der Waals surface area contributed by atoms with Gasteiger partial charge in [-0.1, -0.05) is 13.8 Å². The third-order valence-corrected chi connectivity index (χ3v) is 1.94. The Bertz CT molecular complexity index is 403. The highest BCUT2D eigenvalue weighted by Crippen LogP contribution is 2.10. The number of rotatable bonds is 2. The first-order valence-electron chi connectivity index (χ1n) is 4.53. The van der Waals surface area contributed by atoms with E-state index in [1.165, 1.54) is 0 Å². The zero-order valence-electron chi connectivity index (χ0n) is 7.94. The molecule has 0 saturated heterocycles. The lowest BCUT2D eigenvalue weighted by molar-refractivity contribution is 0.530. The van der Waals surface area contributed by atoms with Crippen LogP contribution in [0.1, 0.15) is 13.8 Å². The second kappa shape index (κ2) is 3.17. The molecule has 0 aliphatic carbocycles. The average Bonchev–Trinajstić information content (AvgIpc) is 2.48. The zero-order valence-corrected chi connectivity index (χ0v) is 7.94. The first-order valence-corrected chi connectivity index (χ1v) is 4.53. The molecule has 0 aliphatic heterocycles. The van der Waals surface area contributed by atoms with Gasteiger partial charge in [0.05, 0.1) is 6.33 Å². The van der Waals surface area contributed by atoms with Crippen LogP contribution in [0, 0.1) is 5.92 Å². The van der Waals surface area contributed by atoms with Crippen LogP contribution in [0.4, 0.5) is 0 Å². The summed E-state index contributed by atoms with van der Waals surface area (Å²) >= 11 is 0. The summed E-state index contributed by atoms with van der Waals surface area (Å²) in [6.07, 6.45) is 3.67. The highest BCUT2D eigenvalue weighted by molar-refractivity contribution is 5.69. The Morgan fingerprint density at radius 2 is 2.23 bits per heavy atom. The largest absolute Gasteiger partial charge is 0.315 e. The van der Waals surface area contributed by atoms with Gasteiger partial charge in [0.25, 0.3) is 0 Å². The Balaban J connectivity index is 2.46. The number of pyridine rings is 1. The fourth-order valence-corrected chi connectivity index (χ4v) is 1.42. The minimum atomic E-state index is 0.624. The van der Waals surface area contributed by atoms with Crippen molar-refractivity contribution in [3.8, 4) is 0 Å². The third-order valence-electron chi connectivity index (χ3n) is 1.94. The van der Waals surface area contributed by atoms with E-state index in [-0.39, 0.29) is 0 Å². The predicted molar refractivity (Wildman–Crippen MR) is 52.4 cm³/mol. The zero-order chi connectivity index (χ0) is 9.26. The van der Waals surface area contributed by atoms with Crippen molar-refractivity contribution in [2.75, 3.05) is 0 Å². The highest BCUT2D eigenvalue weighted by Gasteiger charge is 2.03. The summed E-state index contributed by atoms with van der Waals surface area (Å²) in [6, 6.07) is 3.90. The van der Waals surface area contributed by atoms with Gasteiger partial charge in [-0.3, -0.25) is 0 Å². The van der Waals surface area contributed by atoms with Gasteiger partial charge in [0.1, 0.15) is 5.52 Å². The van der Waals surface area contributed by atoms with Gasteiger partial charge in [-0.05, 0) is 18.1 Å². The molecule has 0 spiro atoms. The van der Waals surface area contributed by atoms with Gasteiger partial charge in [-0.2, -0.15) is 0 Å². The van der Waals surface area contributed by atoms with Crippen LogP contribution >= 0.6 is 0 Å². The lowest BCUT2D eigenvalue weighted by Crippen LogP contribution is -2.03. The molecule has 3 heteroatoms. The summed E-state index contributed by atoms with van der Waals surface area (Å²) in [5.41, 5.74) is 1.96. The summed E-state index contributed by atoms with van der Waals surface area (Å²) in [7, 11) is 0. The Morgan fingerprint density at radius 1 is 1.38 bits per heavy atom. The first kappa shape index (κ1) is 8.23.